The number of hydrogen-bond acceptors (Lipinski definition) is 6. The van der Waals surface area contributed by atoms with Crippen LogP contribution in [0.5, 0.6) is 0 Å². The summed E-state index contributed by atoms with van der Waals surface area (Å²) in [6.07, 6.45) is 2.26. The summed E-state index contributed by atoms with van der Waals surface area (Å²) in [5.41, 5.74) is 0.0215. The minimum atomic E-state index is -0.660. The number of carbonyl (C=O) groups is 2. The zero-order chi connectivity index (χ0) is 14.5. The van der Waals surface area contributed by atoms with Crippen LogP contribution >= 0.6 is 0 Å². The van der Waals surface area contributed by atoms with Gasteiger partial charge in [-0.25, -0.2) is 4.79 Å². The first-order valence-corrected chi connectivity index (χ1v) is 5.57. The molecule has 0 saturated heterocycles. The van der Waals surface area contributed by atoms with Crippen molar-refractivity contribution in [1.82, 2.24) is 0 Å². The Balaban J connectivity index is 3.75. The lowest BCUT2D eigenvalue weighted by Gasteiger charge is -2.07. The van der Waals surface area contributed by atoms with E-state index < -0.39 is 11.9 Å². The fraction of sp³-hybridized carbons (Fsp3) is 0.385. The Morgan fingerprint density at radius 1 is 0.895 bits per heavy atom. The van der Waals surface area contributed by atoms with Crippen molar-refractivity contribution in [1.29, 1.82) is 0 Å². The van der Waals surface area contributed by atoms with E-state index in [0.29, 0.717) is 0 Å². The van der Waals surface area contributed by atoms with Crippen LogP contribution in [-0.4, -0.2) is 38.4 Å². The Morgan fingerprint density at radius 2 is 1.42 bits per heavy atom. The van der Waals surface area contributed by atoms with Gasteiger partial charge in [0.2, 0.25) is 0 Å². The molecule has 0 bridgehead atoms. The first-order valence-electron chi connectivity index (χ1n) is 5.57. The molecule has 0 rings (SSSR count). The molecule has 0 unspecified atom stereocenters. The molecule has 19 heavy (non-hydrogen) atoms. The highest BCUT2D eigenvalue weighted by molar-refractivity contribution is 5.93. The molecule has 106 valence electrons. The predicted octanol–water partition coefficient (Wildman–Crippen LogP) is 1.34. The van der Waals surface area contributed by atoms with E-state index in [0.717, 1.165) is 0 Å². The molecule has 0 aliphatic rings. The van der Waals surface area contributed by atoms with Gasteiger partial charge >= 0.3 is 11.9 Å². The maximum Gasteiger partial charge on any atom is 0.334 e. The van der Waals surface area contributed by atoms with Crippen LogP contribution in [0.1, 0.15) is 6.42 Å². The molecular weight excluding hydrogens is 252 g/mol. The van der Waals surface area contributed by atoms with Crippen LogP contribution in [0.4, 0.5) is 0 Å². The second-order valence-corrected chi connectivity index (χ2v) is 3.21. The molecule has 0 aromatic heterocycles. The van der Waals surface area contributed by atoms with Crippen LogP contribution in [0.2, 0.25) is 0 Å². The number of esters is 2. The quantitative estimate of drug-likeness (QED) is 0.244. The fourth-order valence-corrected chi connectivity index (χ4v) is 0.952. The first-order chi connectivity index (χ1) is 9.11. The minimum Gasteiger partial charge on any atom is -0.498 e. The molecule has 0 aromatic rings. The highest BCUT2D eigenvalue weighted by atomic mass is 16.6. The van der Waals surface area contributed by atoms with E-state index in [9.17, 15) is 9.59 Å². The average molecular weight is 270 g/mol. The Labute approximate surface area is 112 Å². The van der Waals surface area contributed by atoms with Gasteiger partial charge in [0.05, 0.1) is 18.9 Å². The van der Waals surface area contributed by atoms with Gasteiger partial charge in [0.1, 0.15) is 26.4 Å². The molecule has 0 fully saturated rings. The van der Waals surface area contributed by atoms with Crippen molar-refractivity contribution in [2.24, 2.45) is 0 Å². The molecule has 0 aliphatic carbocycles. The van der Waals surface area contributed by atoms with Gasteiger partial charge in [-0.3, -0.25) is 4.79 Å². The normalized spacial score (nSPS) is 9.05. The van der Waals surface area contributed by atoms with Gasteiger partial charge in [0.25, 0.3) is 0 Å². The standard InChI is InChI=1S/C13H18O6/c1-4-16-6-8-18-12(14)10-11(3)13(15)19-9-7-17-5-2/h4-5H,1-3,6-10H2. The SMILES string of the molecule is C=COCCOC(=O)CC(=C)C(=O)OCCOC=C. The maximum absolute atomic E-state index is 11.4. The van der Waals surface area contributed by atoms with Crippen LogP contribution in [0.3, 0.4) is 0 Å². The summed E-state index contributed by atoms with van der Waals surface area (Å²) in [7, 11) is 0. The summed E-state index contributed by atoms with van der Waals surface area (Å²) < 4.78 is 19.1. The molecule has 0 atom stereocenters. The van der Waals surface area contributed by atoms with Gasteiger partial charge < -0.3 is 18.9 Å². The fourth-order valence-electron chi connectivity index (χ4n) is 0.952. The second kappa shape index (κ2) is 10.9. The summed E-state index contributed by atoms with van der Waals surface area (Å²) in [6.45, 7) is 10.7. The topological polar surface area (TPSA) is 71.1 Å². The molecule has 0 saturated carbocycles. The third-order valence-electron chi connectivity index (χ3n) is 1.78. The largest absolute Gasteiger partial charge is 0.498 e. The lowest BCUT2D eigenvalue weighted by molar-refractivity contribution is -0.147. The Hall–Kier alpha value is -2.24. The molecule has 0 radical (unpaired) electrons. The van der Waals surface area contributed by atoms with E-state index in [4.69, 9.17) is 18.9 Å². The van der Waals surface area contributed by atoms with Crippen LogP contribution in [0.15, 0.2) is 37.8 Å². The van der Waals surface area contributed by atoms with Crippen molar-refractivity contribution in [3.8, 4) is 0 Å². The van der Waals surface area contributed by atoms with Gasteiger partial charge in [0.15, 0.2) is 0 Å². The monoisotopic (exact) mass is 270 g/mol. The maximum atomic E-state index is 11.4. The summed E-state index contributed by atoms with van der Waals surface area (Å²) in [5, 5.41) is 0. The third kappa shape index (κ3) is 9.46. The van der Waals surface area contributed by atoms with E-state index in [1.165, 1.54) is 12.5 Å². The van der Waals surface area contributed by atoms with E-state index in [-0.39, 0.29) is 38.4 Å². The minimum absolute atomic E-state index is 0.0215. The summed E-state index contributed by atoms with van der Waals surface area (Å²) >= 11 is 0. The first kappa shape index (κ1) is 16.8. The summed E-state index contributed by atoms with van der Waals surface area (Å²) in [5.74, 6) is -1.23. The number of carbonyl (C=O) groups excluding carboxylic acids is 2. The van der Waals surface area contributed by atoms with E-state index in [1.54, 1.807) is 0 Å². The highest BCUT2D eigenvalue weighted by Gasteiger charge is 2.14. The lowest BCUT2D eigenvalue weighted by Crippen LogP contribution is -2.16. The van der Waals surface area contributed by atoms with Gasteiger partial charge in [-0.2, -0.15) is 0 Å². The van der Waals surface area contributed by atoms with E-state index in [1.807, 2.05) is 0 Å². The molecular formula is C13H18O6. The molecule has 0 amide bonds. The van der Waals surface area contributed by atoms with Gasteiger partial charge in [-0.05, 0) is 0 Å². The zero-order valence-electron chi connectivity index (χ0n) is 10.8. The predicted molar refractivity (Wildman–Crippen MR) is 68.0 cm³/mol. The van der Waals surface area contributed by atoms with Gasteiger partial charge in [-0.1, -0.05) is 19.7 Å². The van der Waals surface area contributed by atoms with Crippen LogP contribution in [0.25, 0.3) is 0 Å². The zero-order valence-corrected chi connectivity index (χ0v) is 10.8. The number of rotatable bonds is 11. The van der Waals surface area contributed by atoms with Gasteiger partial charge in [-0.15, -0.1) is 0 Å². The van der Waals surface area contributed by atoms with Crippen molar-refractivity contribution in [3.05, 3.63) is 37.8 Å². The Kier molecular flexibility index (Phi) is 9.60. The van der Waals surface area contributed by atoms with Gasteiger partial charge in [0, 0.05) is 5.57 Å². The summed E-state index contributed by atoms with van der Waals surface area (Å²) in [4.78, 5) is 22.7. The number of ether oxygens (including phenoxy) is 4. The van der Waals surface area contributed by atoms with Crippen LogP contribution in [-0.2, 0) is 28.5 Å². The van der Waals surface area contributed by atoms with E-state index >= 15 is 0 Å². The third-order valence-corrected chi connectivity index (χ3v) is 1.78. The lowest BCUT2D eigenvalue weighted by atomic mass is 10.2. The molecule has 0 aliphatic heterocycles. The Bertz CT molecular complexity index is 334. The molecule has 6 nitrogen and oxygen atoms in total. The molecule has 0 aromatic carbocycles. The number of hydrogen-bond donors (Lipinski definition) is 0. The highest BCUT2D eigenvalue weighted by Crippen LogP contribution is 2.03. The van der Waals surface area contributed by atoms with E-state index in [2.05, 4.69) is 19.7 Å². The molecule has 0 spiro atoms. The molecule has 0 N–H and O–H groups in total. The van der Waals surface area contributed by atoms with Crippen molar-refractivity contribution in [3.63, 3.8) is 0 Å². The van der Waals surface area contributed by atoms with Crippen molar-refractivity contribution >= 4 is 11.9 Å². The second-order valence-electron chi connectivity index (χ2n) is 3.21. The average Bonchev–Trinajstić information content (AvgIpc) is 2.39. The van der Waals surface area contributed by atoms with Crippen molar-refractivity contribution in [2.75, 3.05) is 26.4 Å². The van der Waals surface area contributed by atoms with Crippen molar-refractivity contribution in [2.45, 2.75) is 6.42 Å². The summed E-state index contributed by atoms with van der Waals surface area (Å²) in [6, 6.07) is 0. The van der Waals surface area contributed by atoms with Crippen LogP contribution in [0, 0.1) is 0 Å². The smallest absolute Gasteiger partial charge is 0.334 e. The van der Waals surface area contributed by atoms with Crippen molar-refractivity contribution < 1.29 is 28.5 Å². The Morgan fingerprint density at radius 3 is 1.95 bits per heavy atom. The van der Waals surface area contributed by atoms with Crippen LogP contribution < -0.4 is 0 Å². The molecule has 6 heteroatoms. The molecule has 0 heterocycles.